The van der Waals surface area contributed by atoms with Gasteiger partial charge in [0.1, 0.15) is 17.4 Å². The summed E-state index contributed by atoms with van der Waals surface area (Å²) in [5.41, 5.74) is -0.281. The SMILES string of the molecule is CCCCCC(C)(OCCC)C(=O)Nc1ccc(OC(C)=O)c(C#N)c1. The Bertz CT molecular complexity index is 666. The van der Waals surface area contributed by atoms with Gasteiger partial charge in [0.2, 0.25) is 0 Å². The first-order valence-electron chi connectivity index (χ1n) is 9.04. The number of amides is 1. The van der Waals surface area contributed by atoms with E-state index in [1.54, 1.807) is 13.0 Å². The summed E-state index contributed by atoms with van der Waals surface area (Å²) in [6.07, 6.45) is 4.46. The molecule has 0 aliphatic heterocycles. The van der Waals surface area contributed by atoms with Crippen molar-refractivity contribution in [1.82, 2.24) is 0 Å². The Morgan fingerprint density at radius 1 is 1.23 bits per heavy atom. The summed E-state index contributed by atoms with van der Waals surface area (Å²) in [4.78, 5) is 23.9. The van der Waals surface area contributed by atoms with Crippen LogP contribution in [0.3, 0.4) is 0 Å². The summed E-state index contributed by atoms with van der Waals surface area (Å²) in [7, 11) is 0. The fourth-order valence-corrected chi connectivity index (χ4v) is 2.49. The molecule has 0 spiro atoms. The van der Waals surface area contributed by atoms with Gasteiger partial charge in [0, 0.05) is 19.2 Å². The third-order valence-electron chi connectivity index (χ3n) is 3.97. The van der Waals surface area contributed by atoms with Gasteiger partial charge >= 0.3 is 5.97 Å². The van der Waals surface area contributed by atoms with Crippen LogP contribution in [-0.4, -0.2) is 24.1 Å². The Hall–Kier alpha value is -2.39. The number of unbranched alkanes of at least 4 members (excludes halogenated alkanes) is 2. The molecule has 1 aromatic carbocycles. The topological polar surface area (TPSA) is 88.4 Å². The fraction of sp³-hybridized carbons (Fsp3) is 0.550. The number of rotatable bonds is 10. The number of anilines is 1. The molecular weight excluding hydrogens is 332 g/mol. The number of ether oxygens (including phenoxy) is 2. The average molecular weight is 360 g/mol. The lowest BCUT2D eigenvalue weighted by Gasteiger charge is -2.29. The normalized spacial score (nSPS) is 12.7. The van der Waals surface area contributed by atoms with E-state index in [4.69, 9.17) is 9.47 Å². The minimum absolute atomic E-state index is 0.172. The van der Waals surface area contributed by atoms with E-state index in [9.17, 15) is 14.9 Å². The first kappa shape index (κ1) is 21.7. The van der Waals surface area contributed by atoms with Crippen molar-refractivity contribution >= 4 is 17.6 Å². The maximum Gasteiger partial charge on any atom is 0.308 e. The van der Waals surface area contributed by atoms with Crippen molar-refractivity contribution in [2.24, 2.45) is 0 Å². The number of carbonyl (C=O) groups excluding carboxylic acids is 2. The number of carbonyl (C=O) groups is 2. The largest absolute Gasteiger partial charge is 0.425 e. The molecule has 1 unspecified atom stereocenters. The molecule has 0 aromatic heterocycles. The van der Waals surface area contributed by atoms with Gasteiger partial charge in [-0.15, -0.1) is 0 Å². The first-order valence-corrected chi connectivity index (χ1v) is 9.04. The summed E-state index contributed by atoms with van der Waals surface area (Å²) in [5.74, 6) is -0.577. The van der Waals surface area contributed by atoms with Crippen molar-refractivity contribution in [1.29, 1.82) is 5.26 Å². The average Bonchev–Trinajstić information content (AvgIpc) is 2.61. The molecule has 142 valence electrons. The monoisotopic (exact) mass is 360 g/mol. The van der Waals surface area contributed by atoms with E-state index in [0.29, 0.717) is 18.7 Å². The molecule has 0 saturated heterocycles. The van der Waals surface area contributed by atoms with Crippen LogP contribution in [0.4, 0.5) is 5.69 Å². The number of hydrogen-bond acceptors (Lipinski definition) is 5. The van der Waals surface area contributed by atoms with E-state index < -0.39 is 11.6 Å². The number of hydrogen-bond donors (Lipinski definition) is 1. The Kier molecular flexibility index (Phi) is 8.80. The second-order valence-corrected chi connectivity index (χ2v) is 6.41. The molecule has 0 heterocycles. The molecule has 1 atom stereocenters. The smallest absolute Gasteiger partial charge is 0.308 e. The van der Waals surface area contributed by atoms with Gasteiger partial charge in [-0.25, -0.2) is 0 Å². The van der Waals surface area contributed by atoms with Crippen LogP contribution in [0.5, 0.6) is 5.75 Å². The molecule has 0 fully saturated rings. The zero-order valence-corrected chi connectivity index (χ0v) is 16.1. The lowest BCUT2D eigenvalue weighted by molar-refractivity contribution is -0.140. The van der Waals surface area contributed by atoms with E-state index >= 15 is 0 Å². The summed E-state index contributed by atoms with van der Waals surface area (Å²) in [6.45, 7) is 7.68. The number of esters is 1. The van der Waals surface area contributed by atoms with E-state index in [1.807, 2.05) is 13.0 Å². The Morgan fingerprint density at radius 2 is 1.96 bits per heavy atom. The van der Waals surface area contributed by atoms with Gasteiger partial charge in [-0.3, -0.25) is 9.59 Å². The molecule has 0 saturated carbocycles. The molecule has 1 amide bonds. The number of benzene rings is 1. The molecule has 1 rings (SSSR count). The maximum absolute atomic E-state index is 12.8. The Balaban J connectivity index is 2.93. The molecule has 6 nitrogen and oxygen atoms in total. The van der Waals surface area contributed by atoms with Crippen molar-refractivity contribution in [3.8, 4) is 11.8 Å². The van der Waals surface area contributed by atoms with Crippen molar-refractivity contribution < 1.29 is 19.1 Å². The fourth-order valence-electron chi connectivity index (χ4n) is 2.49. The highest BCUT2D eigenvalue weighted by Gasteiger charge is 2.33. The molecule has 6 heteroatoms. The van der Waals surface area contributed by atoms with Crippen LogP contribution in [0.15, 0.2) is 18.2 Å². The molecule has 26 heavy (non-hydrogen) atoms. The third-order valence-corrected chi connectivity index (χ3v) is 3.97. The highest BCUT2D eigenvalue weighted by molar-refractivity contribution is 5.97. The van der Waals surface area contributed by atoms with Crippen LogP contribution >= 0.6 is 0 Å². The molecule has 1 N–H and O–H groups in total. The van der Waals surface area contributed by atoms with Gasteiger partial charge < -0.3 is 14.8 Å². The van der Waals surface area contributed by atoms with Gasteiger partial charge in [-0.1, -0.05) is 33.1 Å². The Morgan fingerprint density at radius 3 is 2.54 bits per heavy atom. The van der Waals surface area contributed by atoms with Crippen molar-refractivity contribution in [3.63, 3.8) is 0 Å². The predicted octanol–water partition coefficient (Wildman–Crippen LogP) is 4.19. The van der Waals surface area contributed by atoms with Crippen molar-refractivity contribution in [2.75, 3.05) is 11.9 Å². The van der Waals surface area contributed by atoms with Crippen molar-refractivity contribution in [2.45, 2.75) is 65.4 Å². The maximum atomic E-state index is 12.8. The molecule has 1 aromatic rings. The van der Waals surface area contributed by atoms with Gasteiger partial charge in [-0.05, 0) is 38.0 Å². The van der Waals surface area contributed by atoms with Crippen molar-refractivity contribution in [3.05, 3.63) is 23.8 Å². The summed E-state index contributed by atoms with van der Waals surface area (Å²) in [5, 5.41) is 12.0. The van der Waals surface area contributed by atoms with Crippen LogP contribution in [0, 0.1) is 11.3 Å². The van der Waals surface area contributed by atoms with Crippen LogP contribution in [0.2, 0.25) is 0 Å². The molecular formula is C20H28N2O4. The third kappa shape index (κ3) is 6.49. The number of nitrogens with one attached hydrogen (secondary N) is 1. The van der Waals surface area contributed by atoms with E-state index in [2.05, 4.69) is 12.2 Å². The van der Waals surface area contributed by atoms with E-state index in [-0.39, 0.29) is 17.2 Å². The highest BCUT2D eigenvalue weighted by atomic mass is 16.5. The minimum Gasteiger partial charge on any atom is -0.425 e. The predicted molar refractivity (Wildman–Crippen MR) is 99.9 cm³/mol. The second-order valence-electron chi connectivity index (χ2n) is 6.41. The lowest BCUT2D eigenvalue weighted by atomic mass is 9.96. The summed E-state index contributed by atoms with van der Waals surface area (Å²) >= 11 is 0. The van der Waals surface area contributed by atoms with Gasteiger partial charge in [0.25, 0.3) is 5.91 Å². The molecule has 0 aliphatic rings. The molecule has 0 bridgehead atoms. The standard InChI is InChI=1S/C20H28N2O4/c1-5-7-8-11-20(4,25-12-6-2)19(24)22-17-9-10-18(26-15(3)23)16(13-17)14-21/h9-10,13H,5-8,11-12H2,1-4H3,(H,22,24). The quantitative estimate of drug-likeness (QED) is 0.384. The van der Waals surface area contributed by atoms with Crippen LogP contribution in [0.25, 0.3) is 0 Å². The van der Waals surface area contributed by atoms with Gasteiger partial charge in [0.05, 0.1) is 5.56 Å². The number of nitriles is 1. The van der Waals surface area contributed by atoms with E-state index in [1.165, 1.54) is 19.1 Å². The Labute approximate surface area is 155 Å². The zero-order valence-electron chi connectivity index (χ0n) is 16.1. The molecule has 0 aliphatic carbocycles. The highest BCUT2D eigenvalue weighted by Crippen LogP contribution is 2.26. The van der Waals surface area contributed by atoms with Crippen LogP contribution < -0.4 is 10.1 Å². The summed E-state index contributed by atoms with van der Waals surface area (Å²) < 4.78 is 10.8. The van der Waals surface area contributed by atoms with E-state index in [0.717, 1.165) is 25.7 Å². The van der Waals surface area contributed by atoms with Crippen LogP contribution in [-0.2, 0) is 14.3 Å². The zero-order chi connectivity index (χ0) is 19.6. The molecule has 0 radical (unpaired) electrons. The summed E-state index contributed by atoms with van der Waals surface area (Å²) in [6, 6.07) is 6.56. The van der Waals surface area contributed by atoms with Crippen LogP contribution in [0.1, 0.15) is 65.4 Å². The van der Waals surface area contributed by atoms with Gasteiger partial charge in [0.15, 0.2) is 0 Å². The second kappa shape index (κ2) is 10.6. The number of nitrogens with zero attached hydrogens (tertiary/aromatic N) is 1. The lowest BCUT2D eigenvalue weighted by Crippen LogP contribution is -2.43. The van der Waals surface area contributed by atoms with Gasteiger partial charge in [-0.2, -0.15) is 5.26 Å². The first-order chi connectivity index (χ1) is 12.4. The minimum atomic E-state index is -0.924.